The fourth-order valence-corrected chi connectivity index (χ4v) is 2.60. The average molecular weight is 269 g/mol. The summed E-state index contributed by atoms with van der Waals surface area (Å²) in [6.07, 6.45) is 2.08. The molecule has 2 aliphatic heterocycles. The number of nitrogens with zero attached hydrogens (tertiary/aromatic N) is 2. The smallest absolute Gasteiger partial charge is 0.320 e. The van der Waals surface area contributed by atoms with E-state index in [1.54, 1.807) is 11.9 Å². The Morgan fingerprint density at radius 1 is 1.21 bits per heavy atom. The lowest BCUT2D eigenvalue weighted by Gasteiger charge is -2.39. The molecule has 0 aliphatic carbocycles. The molecule has 0 aromatic heterocycles. The van der Waals surface area contributed by atoms with Crippen molar-refractivity contribution in [3.8, 4) is 0 Å². The molecule has 0 aromatic rings. The van der Waals surface area contributed by atoms with Crippen LogP contribution >= 0.6 is 0 Å². The number of likely N-dealkylation sites (tertiary alicyclic amines) is 1. The summed E-state index contributed by atoms with van der Waals surface area (Å²) in [4.78, 5) is 27.8. The second kappa shape index (κ2) is 6.23. The van der Waals surface area contributed by atoms with Crippen LogP contribution in [-0.4, -0.2) is 67.7 Å². The first-order chi connectivity index (χ1) is 9.13. The topological polar surface area (TPSA) is 61.9 Å². The van der Waals surface area contributed by atoms with Crippen molar-refractivity contribution in [1.82, 2.24) is 15.1 Å². The minimum absolute atomic E-state index is 0.0243. The summed E-state index contributed by atoms with van der Waals surface area (Å²) < 4.78 is 5.32. The Labute approximate surface area is 114 Å². The summed E-state index contributed by atoms with van der Waals surface area (Å²) in [6.45, 7) is 5.07. The van der Waals surface area contributed by atoms with Gasteiger partial charge in [-0.1, -0.05) is 6.92 Å². The van der Waals surface area contributed by atoms with Crippen LogP contribution in [0.15, 0.2) is 0 Å². The number of amides is 3. The molecule has 0 bridgehead atoms. The van der Waals surface area contributed by atoms with E-state index in [-0.39, 0.29) is 18.5 Å². The number of piperidine rings is 1. The molecule has 1 N–H and O–H groups in total. The molecule has 0 spiro atoms. The van der Waals surface area contributed by atoms with Crippen LogP contribution in [0.3, 0.4) is 0 Å². The Balaban J connectivity index is 2.01. The van der Waals surface area contributed by atoms with Crippen LogP contribution in [0.1, 0.15) is 19.8 Å². The third-order valence-electron chi connectivity index (χ3n) is 3.98. The summed E-state index contributed by atoms with van der Waals surface area (Å²) >= 11 is 0. The summed E-state index contributed by atoms with van der Waals surface area (Å²) in [5, 5.41) is 2.60. The highest BCUT2D eigenvalue weighted by Crippen LogP contribution is 2.19. The molecule has 19 heavy (non-hydrogen) atoms. The number of carbonyl (C=O) groups is 2. The molecule has 0 saturated carbocycles. The lowest BCUT2D eigenvalue weighted by Crippen LogP contribution is -2.59. The second-order valence-electron chi connectivity index (χ2n) is 5.35. The maximum atomic E-state index is 12.5. The van der Waals surface area contributed by atoms with Crippen molar-refractivity contribution in [3.05, 3.63) is 0 Å². The van der Waals surface area contributed by atoms with Crippen LogP contribution < -0.4 is 5.32 Å². The number of morpholine rings is 1. The highest BCUT2D eigenvalue weighted by molar-refractivity contribution is 5.87. The Morgan fingerprint density at radius 3 is 2.53 bits per heavy atom. The van der Waals surface area contributed by atoms with Gasteiger partial charge in [0.05, 0.1) is 13.2 Å². The first kappa shape index (κ1) is 14.1. The van der Waals surface area contributed by atoms with Gasteiger partial charge in [-0.3, -0.25) is 4.79 Å². The zero-order chi connectivity index (χ0) is 13.8. The number of likely N-dealkylation sites (N-methyl/N-ethyl adjacent to an activating group) is 1. The summed E-state index contributed by atoms with van der Waals surface area (Å²) in [7, 11) is 1.59. The van der Waals surface area contributed by atoms with E-state index < -0.39 is 6.04 Å². The molecule has 2 heterocycles. The minimum Gasteiger partial charge on any atom is -0.377 e. The van der Waals surface area contributed by atoms with Crippen molar-refractivity contribution in [2.24, 2.45) is 5.92 Å². The van der Waals surface area contributed by atoms with E-state index in [0.29, 0.717) is 19.1 Å². The predicted molar refractivity (Wildman–Crippen MR) is 70.7 cm³/mol. The van der Waals surface area contributed by atoms with Crippen molar-refractivity contribution in [1.29, 1.82) is 0 Å². The van der Waals surface area contributed by atoms with Gasteiger partial charge in [0, 0.05) is 26.7 Å². The van der Waals surface area contributed by atoms with Gasteiger partial charge in [-0.15, -0.1) is 0 Å². The molecule has 1 atom stereocenters. The number of rotatable bonds is 1. The largest absolute Gasteiger partial charge is 0.377 e. The first-order valence-corrected chi connectivity index (χ1v) is 6.98. The maximum absolute atomic E-state index is 12.5. The Morgan fingerprint density at radius 2 is 1.89 bits per heavy atom. The fraction of sp³-hybridized carbons (Fsp3) is 0.846. The van der Waals surface area contributed by atoms with Crippen LogP contribution in [0.25, 0.3) is 0 Å². The summed E-state index contributed by atoms with van der Waals surface area (Å²) in [6, 6.07) is -0.519. The molecule has 3 amide bonds. The van der Waals surface area contributed by atoms with Crippen molar-refractivity contribution in [2.45, 2.75) is 25.8 Å². The van der Waals surface area contributed by atoms with Gasteiger partial charge in [-0.2, -0.15) is 0 Å². The molecule has 1 unspecified atom stereocenters. The van der Waals surface area contributed by atoms with Gasteiger partial charge in [0.2, 0.25) is 5.91 Å². The van der Waals surface area contributed by atoms with Gasteiger partial charge in [0.25, 0.3) is 0 Å². The van der Waals surface area contributed by atoms with Gasteiger partial charge in [0.1, 0.15) is 6.04 Å². The molecule has 2 rings (SSSR count). The normalized spacial score (nSPS) is 25.3. The first-order valence-electron chi connectivity index (χ1n) is 6.98. The fourth-order valence-electron chi connectivity index (χ4n) is 2.60. The number of hydrogen-bond acceptors (Lipinski definition) is 3. The van der Waals surface area contributed by atoms with Crippen molar-refractivity contribution in [2.75, 3.05) is 39.9 Å². The number of carbonyl (C=O) groups excluding carboxylic acids is 2. The third kappa shape index (κ3) is 3.18. The standard InChI is InChI=1S/C13H23N3O3/c1-10-3-5-15(6-4-10)13(18)16-7-8-19-9-11(16)12(17)14-2/h10-11H,3-9H2,1-2H3,(H,14,17). The zero-order valence-electron chi connectivity index (χ0n) is 11.7. The van der Waals surface area contributed by atoms with E-state index in [0.717, 1.165) is 25.9 Å². The van der Waals surface area contributed by atoms with Gasteiger partial charge in [-0.25, -0.2) is 4.79 Å². The maximum Gasteiger partial charge on any atom is 0.320 e. The molecule has 6 heteroatoms. The highest BCUT2D eigenvalue weighted by atomic mass is 16.5. The molecule has 108 valence electrons. The minimum atomic E-state index is -0.495. The van der Waals surface area contributed by atoms with Gasteiger partial charge in [0.15, 0.2) is 0 Å². The zero-order valence-corrected chi connectivity index (χ0v) is 11.7. The number of ether oxygens (including phenoxy) is 1. The lowest BCUT2D eigenvalue weighted by molar-refractivity contribution is -0.130. The molecule has 2 aliphatic rings. The molecule has 2 fully saturated rings. The molecular weight excluding hydrogens is 246 g/mol. The number of hydrogen-bond donors (Lipinski definition) is 1. The molecule has 0 aromatic carbocycles. The van der Waals surface area contributed by atoms with Gasteiger partial charge < -0.3 is 19.9 Å². The van der Waals surface area contributed by atoms with E-state index >= 15 is 0 Å². The van der Waals surface area contributed by atoms with Crippen molar-refractivity contribution in [3.63, 3.8) is 0 Å². The van der Waals surface area contributed by atoms with Crippen molar-refractivity contribution >= 4 is 11.9 Å². The second-order valence-corrected chi connectivity index (χ2v) is 5.35. The molecule has 0 radical (unpaired) electrons. The quantitative estimate of drug-likeness (QED) is 0.744. The monoisotopic (exact) mass is 269 g/mol. The van der Waals surface area contributed by atoms with Gasteiger partial charge in [-0.05, 0) is 18.8 Å². The molecular formula is C13H23N3O3. The van der Waals surface area contributed by atoms with Gasteiger partial charge >= 0.3 is 6.03 Å². The predicted octanol–water partition coefficient (Wildman–Crippen LogP) is 0.285. The number of urea groups is 1. The Kier molecular flexibility index (Phi) is 4.63. The van der Waals surface area contributed by atoms with E-state index in [1.165, 1.54) is 0 Å². The average Bonchev–Trinajstić information content (AvgIpc) is 2.46. The molecule has 6 nitrogen and oxygen atoms in total. The Hall–Kier alpha value is -1.30. The van der Waals surface area contributed by atoms with E-state index in [2.05, 4.69) is 12.2 Å². The van der Waals surface area contributed by atoms with E-state index in [1.807, 2.05) is 4.90 Å². The Bertz CT molecular complexity index is 340. The van der Waals surface area contributed by atoms with Crippen LogP contribution in [0.4, 0.5) is 4.79 Å². The van der Waals surface area contributed by atoms with E-state index in [9.17, 15) is 9.59 Å². The highest BCUT2D eigenvalue weighted by Gasteiger charge is 2.35. The van der Waals surface area contributed by atoms with Crippen LogP contribution in [-0.2, 0) is 9.53 Å². The third-order valence-corrected chi connectivity index (χ3v) is 3.98. The molecule has 2 saturated heterocycles. The summed E-state index contributed by atoms with van der Waals surface area (Å²) in [5.74, 6) is 0.530. The van der Waals surface area contributed by atoms with Crippen LogP contribution in [0.5, 0.6) is 0 Å². The lowest BCUT2D eigenvalue weighted by atomic mass is 9.99. The van der Waals surface area contributed by atoms with Crippen molar-refractivity contribution < 1.29 is 14.3 Å². The summed E-state index contributed by atoms with van der Waals surface area (Å²) in [5.41, 5.74) is 0. The van der Waals surface area contributed by atoms with E-state index in [4.69, 9.17) is 4.74 Å². The van der Waals surface area contributed by atoms with Crippen LogP contribution in [0.2, 0.25) is 0 Å². The SMILES string of the molecule is CNC(=O)C1COCCN1C(=O)N1CCC(C)CC1. The number of nitrogens with one attached hydrogen (secondary N) is 1. The van der Waals surface area contributed by atoms with Crippen LogP contribution in [0, 0.1) is 5.92 Å².